The van der Waals surface area contributed by atoms with Gasteiger partial charge < -0.3 is 4.74 Å². The molecule has 1 saturated heterocycles. The second kappa shape index (κ2) is 4.26. The minimum absolute atomic E-state index is 0.0941. The summed E-state index contributed by atoms with van der Waals surface area (Å²) in [7, 11) is 0. The number of rotatable bonds is 1. The van der Waals surface area contributed by atoms with Crippen molar-refractivity contribution in [2.45, 2.75) is 51.6 Å². The summed E-state index contributed by atoms with van der Waals surface area (Å²) in [5, 5.41) is 4.71. The fourth-order valence-corrected chi connectivity index (χ4v) is 2.77. The first-order valence-corrected chi connectivity index (χ1v) is 6.99. The van der Waals surface area contributed by atoms with Crippen molar-refractivity contribution in [3.8, 4) is 5.88 Å². The Morgan fingerprint density at radius 1 is 1.28 bits per heavy atom. The third kappa shape index (κ3) is 2.14. The van der Waals surface area contributed by atoms with Crippen LogP contribution in [-0.2, 0) is 12.0 Å². The highest BCUT2D eigenvalue weighted by Crippen LogP contribution is 2.28. The number of ether oxygens (including phenoxy) is 1. The summed E-state index contributed by atoms with van der Waals surface area (Å²) in [6, 6.07) is 2.60. The predicted octanol–water partition coefficient (Wildman–Crippen LogP) is 2.04. The van der Waals surface area contributed by atoms with E-state index in [0.29, 0.717) is 6.04 Å². The fourth-order valence-electron chi connectivity index (χ4n) is 2.77. The van der Waals surface area contributed by atoms with Crippen molar-refractivity contribution in [2.24, 2.45) is 0 Å². The predicted molar refractivity (Wildman–Crippen MR) is 71.0 cm³/mol. The highest BCUT2D eigenvalue weighted by molar-refractivity contribution is 5.23. The van der Waals surface area contributed by atoms with Crippen molar-refractivity contribution < 1.29 is 4.74 Å². The lowest BCUT2D eigenvalue weighted by atomic mass is 9.93. The molecule has 18 heavy (non-hydrogen) atoms. The minimum atomic E-state index is 0.0941. The van der Waals surface area contributed by atoms with Crippen LogP contribution in [0.3, 0.4) is 0 Å². The maximum atomic E-state index is 5.88. The molecule has 0 amide bonds. The van der Waals surface area contributed by atoms with E-state index >= 15 is 0 Å². The summed E-state index contributed by atoms with van der Waals surface area (Å²) in [6.07, 6.45) is 2.66. The molecule has 1 atom stereocenters. The van der Waals surface area contributed by atoms with Crippen molar-refractivity contribution in [3.63, 3.8) is 0 Å². The molecule has 3 heterocycles. The van der Waals surface area contributed by atoms with Gasteiger partial charge in [0.1, 0.15) is 6.61 Å². The number of hydrogen-bond acceptors (Lipinski definition) is 3. The molecule has 100 valence electrons. The van der Waals surface area contributed by atoms with Crippen molar-refractivity contribution in [1.29, 1.82) is 0 Å². The van der Waals surface area contributed by atoms with E-state index in [-0.39, 0.29) is 5.41 Å². The smallest absolute Gasteiger partial charge is 0.212 e. The number of nitrogens with zero attached hydrogens (tertiary/aromatic N) is 3. The van der Waals surface area contributed by atoms with Gasteiger partial charge in [0.15, 0.2) is 0 Å². The van der Waals surface area contributed by atoms with Crippen LogP contribution in [0.4, 0.5) is 0 Å². The maximum absolute atomic E-state index is 5.88. The molecule has 1 aromatic rings. The van der Waals surface area contributed by atoms with Gasteiger partial charge in [0.05, 0.1) is 18.3 Å². The fraction of sp³-hybridized carbons (Fsp3) is 0.786. The third-order valence-corrected chi connectivity index (χ3v) is 3.98. The average Bonchev–Trinajstić information content (AvgIpc) is 2.96. The molecule has 2 aliphatic heterocycles. The highest BCUT2D eigenvalue weighted by Gasteiger charge is 2.29. The van der Waals surface area contributed by atoms with Gasteiger partial charge in [-0.25, -0.2) is 4.68 Å². The second-order valence-electron chi connectivity index (χ2n) is 6.51. The van der Waals surface area contributed by atoms with Crippen molar-refractivity contribution >= 4 is 0 Å². The number of aromatic nitrogens is 2. The van der Waals surface area contributed by atoms with E-state index in [1.54, 1.807) is 0 Å². The molecular weight excluding hydrogens is 226 g/mol. The molecule has 1 aromatic heterocycles. The zero-order chi connectivity index (χ0) is 12.8. The molecule has 0 spiro atoms. The van der Waals surface area contributed by atoms with Crippen LogP contribution in [0.1, 0.15) is 39.3 Å². The van der Waals surface area contributed by atoms with Gasteiger partial charge in [-0.15, -0.1) is 0 Å². The Balaban J connectivity index is 1.78. The molecule has 0 bridgehead atoms. The van der Waals surface area contributed by atoms with Crippen molar-refractivity contribution in [2.75, 3.05) is 19.7 Å². The quantitative estimate of drug-likeness (QED) is 0.763. The molecule has 4 heteroatoms. The summed E-state index contributed by atoms with van der Waals surface area (Å²) in [6.45, 7) is 10.8. The summed E-state index contributed by atoms with van der Waals surface area (Å²) in [4.78, 5) is 2.54. The zero-order valence-corrected chi connectivity index (χ0v) is 11.6. The van der Waals surface area contributed by atoms with E-state index in [2.05, 4.69) is 31.7 Å². The van der Waals surface area contributed by atoms with Gasteiger partial charge in [0, 0.05) is 11.5 Å². The van der Waals surface area contributed by atoms with E-state index in [9.17, 15) is 0 Å². The molecule has 0 N–H and O–H groups in total. The van der Waals surface area contributed by atoms with Gasteiger partial charge in [-0.2, -0.15) is 5.10 Å². The van der Waals surface area contributed by atoms with Crippen LogP contribution in [-0.4, -0.2) is 40.4 Å². The standard InChI is InChI=1S/C14H23N3O/c1-14(2,3)12-8-13-17(15-12)9-11(10-18-13)16-6-4-5-7-16/h8,11H,4-7,9-10H2,1-3H3. The van der Waals surface area contributed by atoms with Crippen molar-refractivity contribution in [3.05, 3.63) is 11.8 Å². The van der Waals surface area contributed by atoms with Crippen LogP contribution in [0.2, 0.25) is 0 Å². The molecule has 2 aliphatic rings. The van der Waals surface area contributed by atoms with Crippen LogP contribution in [0.5, 0.6) is 5.88 Å². The Labute approximate surface area is 109 Å². The summed E-state index contributed by atoms with van der Waals surface area (Å²) < 4.78 is 7.93. The van der Waals surface area contributed by atoms with Gasteiger partial charge in [-0.05, 0) is 25.9 Å². The molecule has 0 radical (unpaired) electrons. The molecule has 3 rings (SSSR count). The summed E-state index contributed by atoms with van der Waals surface area (Å²) in [5.74, 6) is 0.940. The molecular formula is C14H23N3O. The Bertz CT molecular complexity index is 427. The summed E-state index contributed by atoms with van der Waals surface area (Å²) >= 11 is 0. The summed E-state index contributed by atoms with van der Waals surface area (Å²) in [5.41, 5.74) is 1.22. The van der Waals surface area contributed by atoms with Crippen LogP contribution in [0.15, 0.2) is 6.07 Å². The first-order chi connectivity index (χ1) is 8.54. The lowest BCUT2D eigenvalue weighted by Crippen LogP contribution is -2.43. The zero-order valence-electron chi connectivity index (χ0n) is 11.6. The molecule has 0 aromatic carbocycles. The Hall–Kier alpha value is -1.03. The third-order valence-electron chi connectivity index (χ3n) is 3.98. The van der Waals surface area contributed by atoms with E-state index in [1.165, 1.54) is 25.9 Å². The van der Waals surface area contributed by atoms with Crippen LogP contribution >= 0.6 is 0 Å². The SMILES string of the molecule is CC(C)(C)c1cc2n(n1)CC(N1CCCC1)CO2. The highest BCUT2D eigenvalue weighted by atomic mass is 16.5. The van der Waals surface area contributed by atoms with Gasteiger partial charge in [-0.1, -0.05) is 20.8 Å². The first kappa shape index (κ1) is 12.0. The van der Waals surface area contributed by atoms with E-state index in [4.69, 9.17) is 9.84 Å². The monoisotopic (exact) mass is 249 g/mol. The molecule has 0 aliphatic carbocycles. The lowest BCUT2D eigenvalue weighted by molar-refractivity contribution is 0.102. The molecule has 1 unspecified atom stereocenters. The molecule has 0 saturated carbocycles. The van der Waals surface area contributed by atoms with Gasteiger partial charge in [0.2, 0.25) is 5.88 Å². The second-order valence-corrected chi connectivity index (χ2v) is 6.51. The number of fused-ring (bicyclic) bond motifs is 1. The number of likely N-dealkylation sites (tertiary alicyclic amines) is 1. The lowest BCUT2D eigenvalue weighted by Gasteiger charge is -2.31. The Morgan fingerprint density at radius 3 is 2.67 bits per heavy atom. The van der Waals surface area contributed by atoms with E-state index in [1.807, 2.05) is 4.68 Å². The Morgan fingerprint density at radius 2 is 2.00 bits per heavy atom. The van der Waals surface area contributed by atoms with E-state index < -0.39 is 0 Å². The molecule has 1 fully saturated rings. The largest absolute Gasteiger partial charge is 0.476 e. The number of hydrogen-bond donors (Lipinski definition) is 0. The van der Waals surface area contributed by atoms with Gasteiger partial charge in [0.25, 0.3) is 0 Å². The average molecular weight is 249 g/mol. The van der Waals surface area contributed by atoms with Crippen LogP contribution in [0, 0.1) is 0 Å². The van der Waals surface area contributed by atoms with Gasteiger partial charge >= 0.3 is 0 Å². The van der Waals surface area contributed by atoms with Crippen molar-refractivity contribution in [1.82, 2.24) is 14.7 Å². The van der Waals surface area contributed by atoms with Crippen LogP contribution < -0.4 is 4.74 Å². The molecule has 4 nitrogen and oxygen atoms in total. The Kier molecular flexibility index (Phi) is 2.85. The topological polar surface area (TPSA) is 30.3 Å². The minimum Gasteiger partial charge on any atom is -0.476 e. The van der Waals surface area contributed by atoms with E-state index in [0.717, 1.165) is 24.7 Å². The van der Waals surface area contributed by atoms with Crippen LogP contribution in [0.25, 0.3) is 0 Å². The first-order valence-electron chi connectivity index (χ1n) is 6.99. The van der Waals surface area contributed by atoms with Gasteiger partial charge in [-0.3, -0.25) is 4.90 Å². The maximum Gasteiger partial charge on any atom is 0.212 e. The normalized spacial score (nSPS) is 24.9.